The second-order valence-electron chi connectivity index (χ2n) is 4.67. The summed E-state index contributed by atoms with van der Waals surface area (Å²) in [6.45, 7) is 3.11. The summed E-state index contributed by atoms with van der Waals surface area (Å²) in [4.78, 5) is 10.3. The second-order valence-corrected chi connectivity index (χ2v) is 4.67. The van der Waals surface area contributed by atoms with Crippen LogP contribution in [0, 0.1) is 22.9 Å². The smallest absolute Gasteiger partial charge is 0.272 e. The van der Waals surface area contributed by atoms with Gasteiger partial charge in [0.15, 0.2) is 0 Å². The lowest BCUT2D eigenvalue weighted by Crippen LogP contribution is -1.98. The molecule has 0 heterocycles. The van der Waals surface area contributed by atoms with Crippen LogP contribution in [0.1, 0.15) is 24.2 Å². The molecule has 0 aliphatic heterocycles. The number of nitro benzene ring substituents is 1. The van der Waals surface area contributed by atoms with Crippen LogP contribution in [-0.4, -0.2) is 10.0 Å². The first-order valence-corrected chi connectivity index (χ1v) is 6.29. The standard InChI is InChI=1S/C15H14FNO4/c1-9-7-12(4-5-14(9)17(19)20)21-15-6-3-11(16)8-13(15)10(2)18/h3-8,10,18H,1-2H3/t10-/m1/s1. The molecule has 0 amide bonds. The largest absolute Gasteiger partial charge is 0.457 e. The highest BCUT2D eigenvalue weighted by Gasteiger charge is 2.14. The highest BCUT2D eigenvalue weighted by molar-refractivity contribution is 5.46. The van der Waals surface area contributed by atoms with Crippen LogP contribution in [0.2, 0.25) is 0 Å². The fourth-order valence-electron chi connectivity index (χ4n) is 1.96. The fraction of sp³-hybridized carbons (Fsp3) is 0.200. The zero-order valence-electron chi connectivity index (χ0n) is 11.5. The minimum absolute atomic E-state index is 0.00259. The highest BCUT2D eigenvalue weighted by Crippen LogP contribution is 2.32. The number of aryl methyl sites for hydroxylation is 1. The Kier molecular flexibility index (Phi) is 4.18. The van der Waals surface area contributed by atoms with E-state index in [-0.39, 0.29) is 5.69 Å². The van der Waals surface area contributed by atoms with Crippen LogP contribution in [0.3, 0.4) is 0 Å². The topological polar surface area (TPSA) is 72.6 Å². The fourth-order valence-corrected chi connectivity index (χ4v) is 1.96. The number of nitro groups is 1. The molecule has 6 heteroatoms. The van der Waals surface area contributed by atoms with Crippen LogP contribution in [0.5, 0.6) is 11.5 Å². The van der Waals surface area contributed by atoms with E-state index in [1.165, 1.54) is 43.3 Å². The van der Waals surface area contributed by atoms with Crippen molar-refractivity contribution in [3.8, 4) is 11.5 Å². The molecule has 0 aromatic heterocycles. The van der Waals surface area contributed by atoms with Crippen LogP contribution in [0.25, 0.3) is 0 Å². The van der Waals surface area contributed by atoms with Gasteiger partial charge in [0.05, 0.1) is 11.0 Å². The molecule has 2 rings (SSSR count). The first-order chi connectivity index (χ1) is 9.88. The molecule has 110 valence electrons. The van der Waals surface area contributed by atoms with Gasteiger partial charge in [-0.2, -0.15) is 0 Å². The first-order valence-electron chi connectivity index (χ1n) is 6.29. The van der Waals surface area contributed by atoms with Gasteiger partial charge in [0, 0.05) is 17.2 Å². The van der Waals surface area contributed by atoms with Crippen molar-refractivity contribution in [2.45, 2.75) is 20.0 Å². The molecule has 0 saturated heterocycles. The Bertz CT molecular complexity index is 685. The molecule has 0 spiro atoms. The van der Waals surface area contributed by atoms with E-state index < -0.39 is 16.8 Å². The van der Waals surface area contributed by atoms with E-state index >= 15 is 0 Å². The molecule has 0 unspecified atom stereocenters. The minimum Gasteiger partial charge on any atom is -0.457 e. The predicted molar refractivity (Wildman–Crippen MR) is 74.9 cm³/mol. The van der Waals surface area contributed by atoms with Crippen molar-refractivity contribution in [1.82, 2.24) is 0 Å². The zero-order chi connectivity index (χ0) is 15.6. The quantitative estimate of drug-likeness (QED) is 0.685. The maximum absolute atomic E-state index is 13.2. The van der Waals surface area contributed by atoms with Gasteiger partial charge < -0.3 is 9.84 Å². The molecule has 2 aromatic carbocycles. The van der Waals surface area contributed by atoms with Gasteiger partial charge in [-0.25, -0.2) is 4.39 Å². The molecular weight excluding hydrogens is 277 g/mol. The number of nitrogens with zero attached hydrogens (tertiary/aromatic N) is 1. The molecular formula is C15H14FNO4. The van der Waals surface area contributed by atoms with E-state index in [2.05, 4.69) is 0 Å². The number of hydrogen-bond donors (Lipinski definition) is 1. The van der Waals surface area contributed by atoms with Crippen molar-refractivity contribution in [3.05, 3.63) is 63.5 Å². The van der Waals surface area contributed by atoms with Gasteiger partial charge >= 0.3 is 0 Å². The summed E-state index contributed by atoms with van der Waals surface area (Å²) in [5.41, 5.74) is 0.765. The van der Waals surface area contributed by atoms with Crippen molar-refractivity contribution in [2.75, 3.05) is 0 Å². The Morgan fingerprint density at radius 2 is 2.00 bits per heavy atom. The Balaban J connectivity index is 2.34. The average Bonchev–Trinajstić information content (AvgIpc) is 2.40. The van der Waals surface area contributed by atoms with E-state index in [1.54, 1.807) is 6.92 Å². The van der Waals surface area contributed by atoms with Crippen molar-refractivity contribution < 1.29 is 19.2 Å². The predicted octanol–water partition coefficient (Wildman–Crippen LogP) is 3.89. The maximum Gasteiger partial charge on any atom is 0.272 e. The van der Waals surface area contributed by atoms with Crippen LogP contribution in [0.4, 0.5) is 10.1 Å². The van der Waals surface area contributed by atoms with Gasteiger partial charge in [-0.3, -0.25) is 10.1 Å². The van der Waals surface area contributed by atoms with E-state index in [4.69, 9.17) is 4.74 Å². The third kappa shape index (κ3) is 3.35. The molecule has 0 bridgehead atoms. The van der Waals surface area contributed by atoms with Gasteiger partial charge in [0.25, 0.3) is 5.69 Å². The third-order valence-electron chi connectivity index (χ3n) is 3.01. The average molecular weight is 291 g/mol. The summed E-state index contributed by atoms with van der Waals surface area (Å²) in [5, 5.41) is 20.4. The van der Waals surface area contributed by atoms with Crippen LogP contribution in [-0.2, 0) is 0 Å². The van der Waals surface area contributed by atoms with Gasteiger partial charge in [0.2, 0.25) is 0 Å². The first kappa shape index (κ1) is 14.9. The molecule has 0 saturated carbocycles. The number of benzene rings is 2. The van der Waals surface area contributed by atoms with E-state index in [0.717, 1.165) is 0 Å². The molecule has 21 heavy (non-hydrogen) atoms. The normalized spacial score (nSPS) is 12.0. The molecule has 0 radical (unpaired) electrons. The number of aliphatic hydroxyl groups is 1. The minimum atomic E-state index is -0.894. The summed E-state index contributed by atoms with van der Waals surface area (Å²) < 4.78 is 18.8. The third-order valence-corrected chi connectivity index (χ3v) is 3.01. The van der Waals surface area contributed by atoms with Crippen molar-refractivity contribution in [2.24, 2.45) is 0 Å². The Labute approximate surface area is 120 Å². The van der Waals surface area contributed by atoms with Crippen LogP contribution < -0.4 is 4.74 Å². The zero-order valence-corrected chi connectivity index (χ0v) is 11.5. The summed E-state index contributed by atoms with van der Waals surface area (Å²) in [7, 11) is 0. The number of hydrogen-bond acceptors (Lipinski definition) is 4. The molecule has 2 aromatic rings. The Hall–Kier alpha value is -2.47. The molecule has 5 nitrogen and oxygen atoms in total. The van der Waals surface area contributed by atoms with Gasteiger partial charge in [0.1, 0.15) is 17.3 Å². The van der Waals surface area contributed by atoms with Gasteiger partial charge in [-0.1, -0.05) is 0 Å². The molecule has 0 aliphatic rings. The van der Waals surface area contributed by atoms with Crippen LogP contribution in [0.15, 0.2) is 36.4 Å². The van der Waals surface area contributed by atoms with E-state index in [1.807, 2.05) is 0 Å². The van der Waals surface area contributed by atoms with E-state index in [0.29, 0.717) is 22.6 Å². The number of rotatable bonds is 4. The second kappa shape index (κ2) is 5.88. The highest BCUT2D eigenvalue weighted by atomic mass is 19.1. The Morgan fingerprint density at radius 1 is 1.29 bits per heavy atom. The molecule has 0 fully saturated rings. The van der Waals surface area contributed by atoms with Crippen LogP contribution >= 0.6 is 0 Å². The lowest BCUT2D eigenvalue weighted by Gasteiger charge is -2.13. The lowest BCUT2D eigenvalue weighted by atomic mass is 10.1. The van der Waals surface area contributed by atoms with E-state index in [9.17, 15) is 19.6 Å². The number of halogens is 1. The van der Waals surface area contributed by atoms with Gasteiger partial charge in [-0.15, -0.1) is 0 Å². The van der Waals surface area contributed by atoms with Crippen molar-refractivity contribution in [1.29, 1.82) is 0 Å². The molecule has 0 aliphatic carbocycles. The lowest BCUT2D eigenvalue weighted by molar-refractivity contribution is -0.385. The number of ether oxygens (including phenoxy) is 1. The Morgan fingerprint density at radius 3 is 2.57 bits per heavy atom. The summed E-state index contributed by atoms with van der Waals surface area (Å²) >= 11 is 0. The molecule has 1 N–H and O–H groups in total. The monoisotopic (exact) mass is 291 g/mol. The summed E-state index contributed by atoms with van der Waals surface area (Å²) in [5.74, 6) is 0.212. The summed E-state index contributed by atoms with van der Waals surface area (Å²) in [6, 6.07) is 8.15. The van der Waals surface area contributed by atoms with Crippen molar-refractivity contribution >= 4 is 5.69 Å². The maximum atomic E-state index is 13.2. The number of aliphatic hydroxyl groups excluding tert-OH is 1. The SMILES string of the molecule is Cc1cc(Oc2ccc(F)cc2[C@@H](C)O)ccc1[N+](=O)[O-]. The molecule has 1 atom stereocenters. The van der Waals surface area contributed by atoms with Gasteiger partial charge in [-0.05, 0) is 44.2 Å². The van der Waals surface area contributed by atoms with Crippen molar-refractivity contribution in [3.63, 3.8) is 0 Å². The summed E-state index contributed by atoms with van der Waals surface area (Å²) in [6.07, 6.45) is -0.894.